The third-order valence-electron chi connectivity index (χ3n) is 4.84. The monoisotopic (exact) mass is 437 g/mol. The van der Waals surface area contributed by atoms with Crippen LogP contribution in [-0.2, 0) is 20.6 Å². The van der Waals surface area contributed by atoms with Crippen molar-refractivity contribution in [2.45, 2.75) is 18.6 Å². The summed E-state index contributed by atoms with van der Waals surface area (Å²) in [5, 5.41) is 13.9. The van der Waals surface area contributed by atoms with Gasteiger partial charge in [0, 0.05) is 41.9 Å². The molecule has 10 heteroatoms. The molecule has 1 fully saturated rings. The van der Waals surface area contributed by atoms with Crippen LogP contribution >= 0.6 is 11.6 Å². The number of nitro groups is 1. The molecule has 0 spiro atoms. The molecule has 0 unspecified atom stereocenters. The molecule has 2 aromatic rings. The minimum absolute atomic E-state index is 0.108. The zero-order chi connectivity index (χ0) is 21.0. The van der Waals surface area contributed by atoms with Crippen LogP contribution in [0.25, 0.3) is 0 Å². The maximum Gasteiger partial charge on any atom is 0.271 e. The molecule has 1 heterocycles. The molecule has 0 radical (unpaired) electrons. The highest BCUT2D eigenvalue weighted by Gasteiger charge is 2.31. The van der Waals surface area contributed by atoms with Crippen molar-refractivity contribution in [3.05, 3.63) is 69.2 Å². The Hall–Kier alpha value is -2.49. The van der Waals surface area contributed by atoms with Crippen molar-refractivity contribution in [3.63, 3.8) is 0 Å². The summed E-state index contributed by atoms with van der Waals surface area (Å²) in [6.07, 6.45) is 0.755. The van der Waals surface area contributed by atoms with Gasteiger partial charge < -0.3 is 5.32 Å². The summed E-state index contributed by atoms with van der Waals surface area (Å²) in [6, 6.07) is 12.5. The van der Waals surface area contributed by atoms with E-state index in [9.17, 15) is 23.3 Å². The molecule has 3 rings (SSSR count). The molecule has 0 aliphatic carbocycles. The minimum atomic E-state index is -3.54. The fourth-order valence-corrected chi connectivity index (χ4v) is 5.12. The lowest BCUT2D eigenvalue weighted by Crippen LogP contribution is -2.41. The van der Waals surface area contributed by atoms with E-state index in [0.29, 0.717) is 29.1 Å². The van der Waals surface area contributed by atoms with Crippen molar-refractivity contribution in [2.24, 2.45) is 5.92 Å². The van der Waals surface area contributed by atoms with E-state index in [1.165, 1.54) is 22.5 Å². The molecule has 0 bridgehead atoms. The number of non-ortho nitro benzene ring substituents is 1. The second-order valence-corrected chi connectivity index (χ2v) is 9.19. The van der Waals surface area contributed by atoms with Crippen LogP contribution in [0, 0.1) is 16.0 Å². The number of amides is 1. The number of carbonyl (C=O) groups excluding carboxylic acids is 1. The number of nitrogens with zero attached hydrogens (tertiary/aromatic N) is 2. The van der Waals surface area contributed by atoms with Crippen LogP contribution in [-0.4, -0.2) is 36.6 Å². The Bertz CT molecular complexity index is 1020. The summed E-state index contributed by atoms with van der Waals surface area (Å²) in [4.78, 5) is 22.8. The molecule has 2 aromatic carbocycles. The van der Waals surface area contributed by atoms with Gasteiger partial charge in [-0.1, -0.05) is 35.9 Å². The molecule has 0 atom stereocenters. The van der Waals surface area contributed by atoms with Gasteiger partial charge in [0.2, 0.25) is 15.9 Å². The molecule has 1 saturated heterocycles. The largest absolute Gasteiger partial charge is 0.326 e. The fourth-order valence-electron chi connectivity index (χ4n) is 3.24. The van der Waals surface area contributed by atoms with Gasteiger partial charge in [0.15, 0.2) is 0 Å². The molecule has 0 aromatic heterocycles. The maximum atomic E-state index is 12.7. The normalized spacial score (nSPS) is 15.8. The van der Waals surface area contributed by atoms with Crippen LogP contribution in [0.1, 0.15) is 18.4 Å². The smallest absolute Gasteiger partial charge is 0.271 e. The summed E-state index contributed by atoms with van der Waals surface area (Å²) in [5.74, 6) is -0.813. The van der Waals surface area contributed by atoms with E-state index in [1.807, 2.05) is 0 Å². The van der Waals surface area contributed by atoms with Crippen LogP contribution in [0.2, 0.25) is 5.02 Å². The molecular formula is C19H20ClN3O5S. The molecular weight excluding hydrogens is 418 g/mol. The number of nitrogens with one attached hydrogen (secondary N) is 1. The van der Waals surface area contributed by atoms with Gasteiger partial charge in [-0.25, -0.2) is 12.7 Å². The molecule has 1 aliphatic rings. The minimum Gasteiger partial charge on any atom is -0.326 e. The highest BCUT2D eigenvalue weighted by molar-refractivity contribution is 7.88. The number of sulfonamides is 1. The van der Waals surface area contributed by atoms with Crippen LogP contribution < -0.4 is 5.32 Å². The van der Waals surface area contributed by atoms with Crippen molar-refractivity contribution in [3.8, 4) is 0 Å². The van der Waals surface area contributed by atoms with Gasteiger partial charge in [0.05, 0.1) is 10.7 Å². The predicted molar refractivity (Wildman–Crippen MR) is 110 cm³/mol. The second kappa shape index (κ2) is 8.89. The van der Waals surface area contributed by atoms with Gasteiger partial charge >= 0.3 is 0 Å². The SMILES string of the molecule is O=C(Nc1cccc([N+](=O)[O-])c1)C1CCN(S(=O)(=O)Cc2ccccc2Cl)CC1. The number of hydrogen-bond acceptors (Lipinski definition) is 5. The lowest BCUT2D eigenvalue weighted by molar-refractivity contribution is -0.384. The number of halogens is 1. The number of piperidine rings is 1. The van der Waals surface area contributed by atoms with Crippen LogP contribution in [0.5, 0.6) is 0 Å². The number of carbonyl (C=O) groups is 1. The van der Waals surface area contributed by atoms with Gasteiger partial charge in [-0.05, 0) is 30.5 Å². The molecule has 154 valence electrons. The Morgan fingerprint density at radius 2 is 1.86 bits per heavy atom. The summed E-state index contributed by atoms with van der Waals surface area (Å²) in [7, 11) is -3.54. The predicted octanol–water partition coefficient (Wildman–Crippen LogP) is 3.43. The molecule has 1 amide bonds. The first kappa shape index (κ1) is 21.2. The zero-order valence-electron chi connectivity index (χ0n) is 15.5. The van der Waals surface area contributed by atoms with Crippen LogP contribution in [0.15, 0.2) is 48.5 Å². The van der Waals surface area contributed by atoms with Gasteiger partial charge in [-0.15, -0.1) is 0 Å². The Morgan fingerprint density at radius 3 is 2.52 bits per heavy atom. The van der Waals surface area contributed by atoms with E-state index in [1.54, 1.807) is 30.3 Å². The summed E-state index contributed by atoms with van der Waals surface area (Å²) < 4.78 is 26.7. The highest BCUT2D eigenvalue weighted by Crippen LogP contribution is 2.25. The van der Waals surface area contributed by atoms with Crippen LogP contribution in [0.3, 0.4) is 0 Å². The van der Waals surface area contributed by atoms with E-state index in [0.717, 1.165) is 0 Å². The molecule has 29 heavy (non-hydrogen) atoms. The van der Waals surface area contributed by atoms with Crippen LogP contribution in [0.4, 0.5) is 11.4 Å². The molecule has 8 nitrogen and oxygen atoms in total. The van der Waals surface area contributed by atoms with Crippen molar-refractivity contribution < 1.29 is 18.1 Å². The van der Waals surface area contributed by atoms with Gasteiger partial charge in [-0.3, -0.25) is 14.9 Å². The van der Waals surface area contributed by atoms with E-state index >= 15 is 0 Å². The maximum absolute atomic E-state index is 12.7. The Kier molecular flexibility index (Phi) is 6.51. The average Bonchev–Trinajstić information content (AvgIpc) is 2.70. The number of nitro benzene ring substituents is 1. The van der Waals surface area contributed by atoms with Gasteiger partial charge in [0.1, 0.15) is 0 Å². The number of hydrogen-bond donors (Lipinski definition) is 1. The first-order chi connectivity index (χ1) is 13.8. The summed E-state index contributed by atoms with van der Waals surface area (Å²) in [6.45, 7) is 0.472. The third-order valence-corrected chi connectivity index (χ3v) is 7.03. The number of rotatable bonds is 6. The summed E-state index contributed by atoms with van der Waals surface area (Å²) >= 11 is 6.06. The first-order valence-electron chi connectivity index (χ1n) is 9.03. The standard InChI is InChI=1S/C19H20ClN3O5S/c20-18-7-2-1-4-15(18)13-29(27,28)22-10-8-14(9-11-22)19(24)21-16-5-3-6-17(12-16)23(25)26/h1-7,12,14H,8-11,13H2,(H,21,24). The van der Waals surface area contributed by atoms with E-state index in [4.69, 9.17) is 11.6 Å². The lowest BCUT2D eigenvalue weighted by atomic mass is 9.97. The lowest BCUT2D eigenvalue weighted by Gasteiger charge is -2.30. The van der Waals surface area contributed by atoms with Crippen molar-refractivity contribution in [1.29, 1.82) is 0 Å². The average molecular weight is 438 g/mol. The van der Waals surface area contributed by atoms with E-state index in [2.05, 4.69) is 5.32 Å². The molecule has 1 aliphatic heterocycles. The first-order valence-corrected chi connectivity index (χ1v) is 11.0. The summed E-state index contributed by atoms with van der Waals surface area (Å²) in [5.41, 5.74) is 0.779. The third kappa shape index (κ3) is 5.31. The van der Waals surface area contributed by atoms with Crippen molar-refractivity contribution in [1.82, 2.24) is 4.31 Å². The van der Waals surface area contributed by atoms with Gasteiger partial charge in [-0.2, -0.15) is 0 Å². The highest BCUT2D eigenvalue weighted by atomic mass is 35.5. The Labute approximate surface area is 173 Å². The van der Waals surface area contributed by atoms with Crippen molar-refractivity contribution >= 4 is 38.9 Å². The molecule has 0 saturated carbocycles. The zero-order valence-corrected chi connectivity index (χ0v) is 17.0. The molecule has 1 N–H and O–H groups in total. The number of benzene rings is 2. The topological polar surface area (TPSA) is 110 Å². The van der Waals surface area contributed by atoms with E-state index < -0.39 is 14.9 Å². The number of anilines is 1. The van der Waals surface area contributed by atoms with E-state index in [-0.39, 0.29) is 36.4 Å². The second-order valence-electron chi connectivity index (χ2n) is 6.82. The Balaban J connectivity index is 1.58. The Morgan fingerprint density at radius 1 is 1.17 bits per heavy atom. The van der Waals surface area contributed by atoms with Crippen molar-refractivity contribution in [2.75, 3.05) is 18.4 Å². The van der Waals surface area contributed by atoms with Gasteiger partial charge in [0.25, 0.3) is 5.69 Å². The quantitative estimate of drug-likeness (QED) is 0.550. The fraction of sp³-hybridized carbons (Fsp3) is 0.316.